The summed E-state index contributed by atoms with van der Waals surface area (Å²) in [5, 5.41) is 5.84. The Morgan fingerprint density at radius 2 is 1.85 bits per heavy atom. The predicted octanol–water partition coefficient (Wildman–Crippen LogP) is 5.15. The van der Waals surface area contributed by atoms with Crippen LogP contribution in [0.4, 0.5) is 20.7 Å². The molecule has 0 aliphatic carbocycles. The van der Waals surface area contributed by atoms with E-state index in [1.165, 1.54) is 30.6 Å². The molecule has 9 heteroatoms. The van der Waals surface area contributed by atoms with Crippen LogP contribution < -0.4 is 15.4 Å². The van der Waals surface area contributed by atoms with E-state index < -0.39 is 6.03 Å². The summed E-state index contributed by atoms with van der Waals surface area (Å²) in [5.41, 5.74) is 1.07. The summed E-state index contributed by atoms with van der Waals surface area (Å²) in [5.74, 6) is -0.146. The number of carbonyl (C=O) groups excluding carboxylic acids is 1. The van der Waals surface area contributed by atoms with Crippen LogP contribution in [0.1, 0.15) is 5.56 Å². The number of urea groups is 1. The molecule has 6 nitrogen and oxygen atoms in total. The number of benzene rings is 2. The lowest BCUT2D eigenvalue weighted by atomic mass is 10.2. The van der Waals surface area contributed by atoms with Crippen molar-refractivity contribution < 1.29 is 13.9 Å². The maximum absolute atomic E-state index is 13.2. The molecule has 0 atom stereocenters. The number of halogens is 3. The second-order valence-corrected chi connectivity index (χ2v) is 6.15. The third kappa shape index (κ3) is 5.29. The molecule has 0 radical (unpaired) electrons. The lowest BCUT2D eigenvalue weighted by Gasteiger charge is -2.11. The number of amides is 2. The first-order valence-corrected chi connectivity index (χ1v) is 8.48. The molecule has 3 rings (SSSR count). The maximum atomic E-state index is 13.2. The third-order valence-electron chi connectivity index (χ3n) is 3.34. The van der Waals surface area contributed by atoms with Gasteiger partial charge in [-0.15, -0.1) is 0 Å². The summed E-state index contributed by atoms with van der Waals surface area (Å²) in [6.07, 6.45) is 2.83. The van der Waals surface area contributed by atoms with Gasteiger partial charge < -0.3 is 10.1 Å². The summed E-state index contributed by atoms with van der Waals surface area (Å²) in [7, 11) is 0. The van der Waals surface area contributed by atoms with Crippen LogP contribution in [0.25, 0.3) is 0 Å². The minimum Gasteiger partial charge on any atom is -0.470 e. The topological polar surface area (TPSA) is 76.1 Å². The first kappa shape index (κ1) is 18.9. The lowest BCUT2D eigenvalue weighted by molar-refractivity contribution is 0.261. The van der Waals surface area contributed by atoms with Crippen molar-refractivity contribution in [1.82, 2.24) is 9.97 Å². The van der Waals surface area contributed by atoms with Gasteiger partial charge in [-0.05, 0) is 35.9 Å². The van der Waals surface area contributed by atoms with Crippen molar-refractivity contribution in [3.05, 3.63) is 76.3 Å². The summed E-state index contributed by atoms with van der Waals surface area (Å²) < 4.78 is 18.8. The van der Waals surface area contributed by atoms with Crippen molar-refractivity contribution in [1.29, 1.82) is 0 Å². The zero-order valence-electron chi connectivity index (χ0n) is 13.7. The lowest BCUT2D eigenvalue weighted by Crippen LogP contribution is -2.21. The van der Waals surface area contributed by atoms with Gasteiger partial charge in [-0.1, -0.05) is 35.3 Å². The summed E-state index contributed by atoms with van der Waals surface area (Å²) in [6, 6.07) is 10.1. The van der Waals surface area contributed by atoms with E-state index in [9.17, 15) is 9.18 Å². The van der Waals surface area contributed by atoms with Gasteiger partial charge in [0.15, 0.2) is 5.82 Å². The molecule has 2 amide bonds. The van der Waals surface area contributed by atoms with E-state index >= 15 is 0 Å². The van der Waals surface area contributed by atoms with Gasteiger partial charge in [0, 0.05) is 18.1 Å². The molecule has 0 aliphatic heterocycles. The molecule has 27 heavy (non-hydrogen) atoms. The van der Waals surface area contributed by atoms with E-state index in [4.69, 9.17) is 27.9 Å². The van der Waals surface area contributed by atoms with Gasteiger partial charge in [0.2, 0.25) is 0 Å². The molecule has 0 unspecified atom stereocenters. The van der Waals surface area contributed by atoms with Crippen LogP contribution in [-0.4, -0.2) is 16.0 Å². The van der Waals surface area contributed by atoms with Crippen molar-refractivity contribution in [2.75, 3.05) is 10.6 Å². The molecule has 2 N–H and O–H groups in total. The Hall–Kier alpha value is -2.90. The first-order valence-electron chi connectivity index (χ1n) is 7.72. The van der Waals surface area contributed by atoms with Crippen LogP contribution >= 0.6 is 23.2 Å². The van der Waals surface area contributed by atoms with Gasteiger partial charge in [0.05, 0.1) is 10.0 Å². The number of aromatic nitrogens is 2. The summed E-state index contributed by atoms with van der Waals surface area (Å²) >= 11 is 11.8. The van der Waals surface area contributed by atoms with Crippen molar-refractivity contribution in [3.8, 4) is 5.88 Å². The predicted molar refractivity (Wildman–Crippen MR) is 102 cm³/mol. The van der Waals surface area contributed by atoms with Crippen LogP contribution in [-0.2, 0) is 6.61 Å². The summed E-state index contributed by atoms with van der Waals surface area (Å²) in [6.45, 7) is 0.0690. The molecule has 0 spiro atoms. The highest BCUT2D eigenvalue weighted by Crippen LogP contribution is 2.25. The van der Waals surface area contributed by atoms with E-state index in [1.54, 1.807) is 24.3 Å². The monoisotopic (exact) mass is 406 g/mol. The average Bonchev–Trinajstić information content (AvgIpc) is 2.64. The third-order valence-corrected chi connectivity index (χ3v) is 4.08. The van der Waals surface area contributed by atoms with E-state index in [-0.39, 0.29) is 24.1 Å². The van der Waals surface area contributed by atoms with E-state index in [0.717, 1.165) is 0 Å². The molecule has 0 saturated carbocycles. The largest absolute Gasteiger partial charge is 0.470 e. The second-order valence-electron chi connectivity index (χ2n) is 5.34. The number of hydrogen-bond donors (Lipinski definition) is 2. The van der Waals surface area contributed by atoms with Crippen LogP contribution in [0.2, 0.25) is 10.0 Å². The number of rotatable bonds is 5. The van der Waals surface area contributed by atoms with Crippen LogP contribution in [0.15, 0.2) is 54.9 Å². The first-order chi connectivity index (χ1) is 13.0. The van der Waals surface area contributed by atoms with E-state index in [1.807, 2.05) is 0 Å². The normalized spacial score (nSPS) is 10.3. The number of hydrogen-bond acceptors (Lipinski definition) is 4. The van der Waals surface area contributed by atoms with Gasteiger partial charge in [0.1, 0.15) is 12.4 Å². The standard InChI is InChI=1S/C18H13Cl2FN4O2/c19-14-5-4-13(9-15(14)20)24-18(26)25-16-17(23-7-6-22-16)27-10-11-2-1-3-12(21)8-11/h1-9H,10H2,(H2,22,24,25,26). The fourth-order valence-electron chi connectivity index (χ4n) is 2.14. The quantitative estimate of drug-likeness (QED) is 0.614. The van der Waals surface area contributed by atoms with Crippen LogP contribution in [0.3, 0.4) is 0 Å². The average molecular weight is 407 g/mol. The number of carbonyl (C=O) groups is 1. The second kappa shape index (κ2) is 8.66. The van der Waals surface area contributed by atoms with Crippen molar-refractivity contribution in [2.45, 2.75) is 6.61 Å². The summed E-state index contributed by atoms with van der Waals surface area (Å²) in [4.78, 5) is 20.3. The highest BCUT2D eigenvalue weighted by molar-refractivity contribution is 6.42. The fourth-order valence-corrected chi connectivity index (χ4v) is 2.44. The number of nitrogens with zero attached hydrogens (tertiary/aromatic N) is 2. The molecule has 1 heterocycles. The van der Waals surface area contributed by atoms with Gasteiger partial charge in [0.25, 0.3) is 5.88 Å². The van der Waals surface area contributed by atoms with Crippen LogP contribution in [0.5, 0.6) is 5.88 Å². The molecule has 1 aromatic heterocycles. The number of nitrogens with one attached hydrogen (secondary N) is 2. The Morgan fingerprint density at radius 3 is 2.63 bits per heavy atom. The molecule has 0 saturated heterocycles. The Labute approximate surface area is 164 Å². The van der Waals surface area contributed by atoms with Gasteiger partial charge in [-0.25, -0.2) is 19.2 Å². The molecule has 0 bridgehead atoms. The number of anilines is 2. The Morgan fingerprint density at radius 1 is 1.04 bits per heavy atom. The highest BCUT2D eigenvalue weighted by Gasteiger charge is 2.12. The van der Waals surface area contributed by atoms with Crippen molar-refractivity contribution in [3.63, 3.8) is 0 Å². The minimum atomic E-state index is -0.565. The van der Waals surface area contributed by atoms with Crippen molar-refractivity contribution >= 4 is 40.7 Å². The SMILES string of the molecule is O=C(Nc1ccc(Cl)c(Cl)c1)Nc1nccnc1OCc1cccc(F)c1. The van der Waals surface area contributed by atoms with Gasteiger partial charge in [-0.2, -0.15) is 0 Å². The Bertz CT molecular complexity index is 972. The maximum Gasteiger partial charge on any atom is 0.324 e. The molecule has 0 fully saturated rings. The zero-order chi connectivity index (χ0) is 19.2. The smallest absolute Gasteiger partial charge is 0.324 e. The van der Waals surface area contributed by atoms with E-state index in [2.05, 4.69) is 20.6 Å². The molecule has 0 aliphatic rings. The zero-order valence-corrected chi connectivity index (χ0v) is 15.3. The van der Waals surface area contributed by atoms with Crippen molar-refractivity contribution in [2.24, 2.45) is 0 Å². The van der Waals surface area contributed by atoms with E-state index in [0.29, 0.717) is 21.3 Å². The van der Waals surface area contributed by atoms with Gasteiger partial charge >= 0.3 is 6.03 Å². The molecule has 3 aromatic rings. The fraction of sp³-hybridized carbons (Fsp3) is 0.0556. The molecular weight excluding hydrogens is 394 g/mol. The molecule has 138 valence electrons. The highest BCUT2D eigenvalue weighted by atomic mass is 35.5. The van der Waals surface area contributed by atoms with Gasteiger partial charge in [-0.3, -0.25) is 5.32 Å². The number of ether oxygens (including phenoxy) is 1. The minimum absolute atomic E-state index is 0.0690. The molecular formula is C18H13Cl2FN4O2. The Kier molecular flexibility index (Phi) is 6.05. The molecule has 2 aromatic carbocycles. The Balaban J connectivity index is 1.66. The van der Waals surface area contributed by atoms with Crippen LogP contribution in [0, 0.1) is 5.82 Å².